The van der Waals surface area contributed by atoms with Crippen LogP contribution in [0.3, 0.4) is 0 Å². The second kappa shape index (κ2) is 3.47. The van der Waals surface area contributed by atoms with Crippen molar-refractivity contribution in [2.24, 2.45) is 0 Å². The van der Waals surface area contributed by atoms with Gasteiger partial charge >= 0.3 is 0 Å². The van der Waals surface area contributed by atoms with Gasteiger partial charge in [-0.25, -0.2) is 8.42 Å². The topological polar surface area (TPSA) is 51.2 Å². The summed E-state index contributed by atoms with van der Waals surface area (Å²) in [7, 11) is -3.40. The van der Waals surface area contributed by atoms with E-state index in [1.807, 2.05) is 0 Å². The summed E-state index contributed by atoms with van der Waals surface area (Å²) in [5, 5.41) is 1.47. The molecule has 1 aliphatic heterocycles. The fourth-order valence-corrected chi connectivity index (χ4v) is 3.46. The van der Waals surface area contributed by atoms with Crippen molar-refractivity contribution in [1.29, 1.82) is 0 Å². The van der Waals surface area contributed by atoms with E-state index >= 15 is 0 Å². The predicted octanol–water partition coefficient (Wildman–Crippen LogP) is 2.06. The molecule has 1 heterocycles. The van der Waals surface area contributed by atoms with Crippen molar-refractivity contribution in [2.75, 3.05) is 0 Å². The minimum atomic E-state index is -3.40. The van der Waals surface area contributed by atoms with E-state index in [1.54, 1.807) is 12.1 Å². The zero-order valence-corrected chi connectivity index (χ0v) is 9.18. The van der Waals surface area contributed by atoms with Gasteiger partial charge in [-0.15, -0.1) is 0 Å². The number of hydrogen-bond acceptors (Lipinski definition) is 3. The van der Waals surface area contributed by atoms with E-state index in [1.165, 1.54) is 6.07 Å². The number of halogens is 1. The number of hydrogen-bond donors (Lipinski definition) is 0. The van der Waals surface area contributed by atoms with Gasteiger partial charge in [-0.05, 0) is 17.7 Å². The fourth-order valence-electron chi connectivity index (χ4n) is 1.60. The van der Waals surface area contributed by atoms with Gasteiger partial charge < -0.3 is 4.79 Å². The van der Waals surface area contributed by atoms with Gasteiger partial charge in [0.15, 0.2) is 0 Å². The average molecular weight is 243 g/mol. The van der Waals surface area contributed by atoms with Crippen molar-refractivity contribution in [2.45, 2.75) is 11.3 Å². The number of rotatable bonds is 2. The largest absolute Gasteiger partial charge is 0.303 e. The zero-order valence-electron chi connectivity index (χ0n) is 7.60. The number of carbonyl (C=O) groups excluding carboxylic acids is 1. The Morgan fingerprint density at radius 2 is 2.07 bits per heavy atom. The number of sulfone groups is 1. The summed E-state index contributed by atoms with van der Waals surface area (Å²) in [5.41, 5.74) is 0.928. The smallest absolute Gasteiger partial charge is 0.200 e. The lowest BCUT2D eigenvalue weighted by Crippen LogP contribution is -1.93. The van der Waals surface area contributed by atoms with E-state index in [0.717, 1.165) is 5.41 Å². The molecule has 0 bridgehead atoms. The minimum absolute atomic E-state index is 0.0654. The van der Waals surface area contributed by atoms with Crippen LogP contribution in [0.5, 0.6) is 0 Å². The SMILES string of the molecule is O=CCC1=CS(=O)(=O)c2cccc(Cl)c21. The molecule has 0 fully saturated rings. The number of benzene rings is 1. The lowest BCUT2D eigenvalue weighted by Gasteiger charge is -2.03. The highest BCUT2D eigenvalue weighted by atomic mass is 35.5. The molecule has 0 aromatic heterocycles. The van der Waals surface area contributed by atoms with Gasteiger partial charge in [0.1, 0.15) is 6.29 Å². The summed E-state index contributed by atoms with van der Waals surface area (Å²) in [6.07, 6.45) is 0.732. The van der Waals surface area contributed by atoms with E-state index in [9.17, 15) is 13.2 Å². The molecule has 0 saturated carbocycles. The second-order valence-electron chi connectivity index (χ2n) is 3.17. The van der Waals surface area contributed by atoms with E-state index in [4.69, 9.17) is 11.6 Å². The molecular weight excluding hydrogens is 236 g/mol. The minimum Gasteiger partial charge on any atom is -0.303 e. The number of carbonyl (C=O) groups is 1. The highest BCUT2D eigenvalue weighted by Crippen LogP contribution is 2.38. The Morgan fingerprint density at radius 3 is 2.73 bits per heavy atom. The third-order valence-corrected chi connectivity index (χ3v) is 4.07. The monoisotopic (exact) mass is 242 g/mol. The van der Waals surface area contributed by atoms with Crippen LogP contribution in [0, 0.1) is 0 Å². The van der Waals surface area contributed by atoms with Crippen LogP contribution >= 0.6 is 11.6 Å². The summed E-state index contributed by atoms with van der Waals surface area (Å²) in [5.74, 6) is 0. The molecule has 15 heavy (non-hydrogen) atoms. The first-order valence-electron chi connectivity index (χ1n) is 4.24. The van der Waals surface area contributed by atoms with Crippen LogP contribution in [0.15, 0.2) is 28.5 Å². The predicted molar refractivity (Wildman–Crippen MR) is 57.3 cm³/mol. The molecule has 0 N–H and O–H groups in total. The summed E-state index contributed by atoms with van der Waals surface area (Å²) in [6.45, 7) is 0. The first kappa shape index (κ1) is 10.4. The third kappa shape index (κ3) is 1.60. The molecule has 0 spiro atoms. The van der Waals surface area contributed by atoms with E-state index < -0.39 is 9.84 Å². The van der Waals surface area contributed by atoms with Crippen LogP contribution < -0.4 is 0 Å². The van der Waals surface area contributed by atoms with E-state index in [0.29, 0.717) is 22.4 Å². The molecular formula is C10H7ClO3S. The molecule has 0 saturated heterocycles. The van der Waals surface area contributed by atoms with Crippen LogP contribution in [0.25, 0.3) is 5.57 Å². The average Bonchev–Trinajstić information content (AvgIpc) is 2.41. The lowest BCUT2D eigenvalue weighted by molar-refractivity contribution is -0.107. The number of aldehydes is 1. The summed E-state index contributed by atoms with van der Waals surface area (Å²) >= 11 is 5.91. The van der Waals surface area contributed by atoms with Gasteiger partial charge in [0.2, 0.25) is 9.84 Å². The first-order chi connectivity index (χ1) is 7.06. The molecule has 0 radical (unpaired) electrons. The molecule has 1 aromatic carbocycles. The highest BCUT2D eigenvalue weighted by molar-refractivity contribution is 7.95. The maximum Gasteiger partial charge on any atom is 0.200 e. The van der Waals surface area contributed by atoms with Gasteiger partial charge in [0.25, 0.3) is 0 Å². The summed E-state index contributed by atoms with van der Waals surface area (Å²) in [6, 6.07) is 4.68. The van der Waals surface area contributed by atoms with Gasteiger partial charge in [-0.1, -0.05) is 17.7 Å². The van der Waals surface area contributed by atoms with Crippen LogP contribution in [-0.4, -0.2) is 14.7 Å². The van der Waals surface area contributed by atoms with Crippen LogP contribution in [0.4, 0.5) is 0 Å². The summed E-state index contributed by atoms with van der Waals surface area (Å²) < 4.78 is 23.3. The zero-order chi connectivity index (χ0) is 11.1. The van der Waals surface area contributed by atoms with Gasteiger partial charge in [0, 0.05) is 22.4 Å². The van der Waals surface area contributed by atoms with Gasteiger partial charge in [0.05, 0.1) is 4.90 Å². The third-order valence-electron chi connectivity index (χ3n) is 2.20. The maximum absolute atomic E-state index is 11.6. The molecule has 0 unspecified atom stereocenters. The van der Waals surface area contributed by atoms with Crippen molar-refractivity contribution in [1.82, 2.24) is 0 Å². The number of allylic oxidation sites excluding steroid dienone is 1. The molecule has 0 aliphatic carbocycles. The summed E-state index contributed by atoms with van der Waals surface area (Å²) in [4.78, 5) is 10.6. The van der Waals surface area contributed by atoms with Crippen LogP contribution in [0.1, 0.15) is 12.0 Å². The first-order valence-corrected chi connectivity index (χ1v) is 6.17. The molecule has 1 aliphatic rings. The Labute approximate surface area is 92.3 Å². The maximum atomic E-state index is 11.6. The van der Waals surface area contributed by atoms with E-state index in [-0.39, 0.29) is 11.3 Å². The number of fused-ring (bicyclic) bond motifs is 1. The molecule has 78 valence electrons. The van der Waals surface area contributed by atoms with Crippen molar-refractivity contribution in [3.05, 3.63) is 34.2 Å². The Bertz CT molecular complexity index is 558. The Hall–Kier alpha value is -1.13. The van der Waals surface area contributed by atoms with Crippen molar-refractivity contribution in [3.63, 3.8) is 0 Å². The van der Waals surface area contributed by atoms with E-state index in [2.05, 4.69) is 0 Å². The Balaban J connectivity index is 2.74. The molecule has 0 atom stereocenters. The van der Waals surface area contributed by atoms with Crippen LogP contribution in [-0.2, 0) is 14.6 Å². The molecule has 1 aromatic rings. The fraction of sp³-hybridized carbons (Fsp3) is 0.100. The van der Waals surface area contributed by atoms with Crippen molar-refractivity contribution in [3.8, 4) is 0 Å². The quantitative estimate of drug-likeness (QED) is 0.746. The van der Waals surface area contributed by atoms with Crippen molar-refractivity contribution >= 4 is 33.3 Å². The Morgan fingerprint density at radius 1 is 1.33 bits per heavy atom. The second-order valence-corrected chi connectivity index (χ2v) is 5.34. The molecule has 0 amide bonds. The Kier molecular flexibility index (Phi) is 2.40. The lowest BCUT2D eigenvalue weighted by atomic mass is 10.1. The van der Waals surface area contributed by atoms with Gasteiger partial charge in [-0.3, -0.25) is 0 Å². The molecule has 5 heteroatoms. The standard InChI is InChI=1S/C10H7ClO3S/c11-8-2-1-3-9-10(8)7(4-5-12)6-15(9,13)14/h1-3,5-6H,4H2. The normalized spacial score (nSPS) is 17.0. The molecule has 2 rings (SSSR count). The van der Waals surface area contributed by atoms with Crippen molar-refractivity contribution < 1.29 is 13.2 Å². The van der Waals surface area contributed by atoms with Gasteiger partial charge in [-0.2, -0.15) is 0 Å². The molecule has 3 nitrogen and oxygen atoms in total. The van der Waals surface area contributed by atoms with Crippen LogP contribution in [0.2, 0.25) is 5.02 Å². The highest BCUT2D eigenvalue weighted by Gasteiger charge is 2.28.